The van der Waals surface area contributed by atoms with E-state index in [1.54, 1.807) is 0 Å². The first-order valence-corrected chi connectivity index (χ1v) is 6.72. The highest BCUT2D eigenvalue weighted by atomic mass is 16.2. The predicted molar refractivity (Wildman–Crippen MR) is 67.8 cm³/mol. The van der Waals surface area contributed by atoms with Crippen LogP contribution in [0.15, 0.2) is 30.3 Å². The molecule has 3 rings (SSSR count). The lowest BCUT2D eigenvalue weighted by atomic mass is 9.78. The number of likely N-dealkylation sites (tertiary alicyclic amines) is 1. The van der Waals surface area contributed by atoms with Gasteiger partial charge in [0.2, 0.25) is 0 Å². The number of rotatable bonds is 2. The molecule has 0 aromatic heterocycles. The number of amides is 1. The number of carbonyl (C=O) groups is 1. The minimum atomic E-state index is 0.236. The largest absolute Gasteiger partial charge is 0.335 e. The van der Waals surface area contributed by atoms with Crippen LogP contribution in [0.25, 0.3) is 0 Å². The van der Waals surface area contributed by atoms with Crippen LogP contribution in [0.2, 0.25) is 0 Å². The summed E-state index contributed by atoms with van der Waals surface area (Å²) in [6.45, 7) is 0.953. The summed E-state index contributed by atoms with van der Waals surface area (Å²) in [5, 5.41) is 0. The second-order valence-corrected chi connectivity index (χ2v) is 5.27. The van der Waals surface area contributed by atoms with Gasteiger partial charge in [-0.2, -0.15) is 0 Å². The van der Waals surface area contributed by atoms with Gasteiger partial charge in [-0.25, -0.2) is 0 Å². The lowest BCUT2D eigenvalue weighted by Crippen LogP contribution is -2.42. The van der Waals surface area contributed by atoms with Crippen molar-refractivity contribution in [2.24, 2.45) is 5.92 Å². The Balaban J connectivity index is 1.76. The Morgan fingerprint density at radius 1 is 1.06 bits per heavy atom. The van der Waals surface area contributed by atoms with Gasteiger partial charge in [0.25, 0.3) is 5.91 Å². The molecule has 0 radical (unpaired) electrons. The monoisotopic (exact) mass is 229 g/mol. The number of hydrogen-bond donors (Lipinski definition) is 0. The maximum absolute atomic E-state index is 12.4. The number of nitrogens with zero attached hydrogens (tertiary/aromatic N) is 1. The van der Waals surface area contributed by atoms with E-state index in [4.69, 9.17) is 0 Å². The van der Waals surface area contributed by atoms with Crippen LogP contribution in [0.1, 0.15) is 42.5 Å². The fourth-order valence-corrected chi connectivity index (χ4v) is 3.11. The summed E-state index contributed by atoms with van der Waals surface area (Å²) in [4.78, 5) is 14.6. The van der Waals surface area contributed by atoms with Gasteiger partial charge >= 0.3 is 0 Å². The Labute approximate surface area is 103 Å². The number of carbonyl (C=O) groups excluding carboxylic acids is 1. The lowest BCUT2D eigenvalue weighted by Gasteiger charge is -2.37. The molecule has 1 aliphatic carbocycles. The smallest absolute Gasteiger partial charge is 0.254 e. The van der Waals surface area contributed by atoms with Crippen molar-refractivity contribution in [3.63, 3.8) is 0 Å². The molecule has 1 aromatic rings. The van der Waals surface area contributed by atoms with Crippen molar-refractivity contribution < 1.29 is 4.79 Å². The van der Waals surface area contributed by atoms with Gasteiger partial charge in [0.1, 0.15) is 0 Å². The highest BCUT2D eigenvalue weighted by molar-refractivity contribution is 5.94. The zero-order valence-corrected chi connectivity index (χ0v) is 10.1. The summed E-state index contributed by atoms with van der Waals surface area (Å²) < 4.78 is 0. The van der Waals surface area contributed by atoms with Crippen molar-refractivity contribution in [3.8, 4) is 0 Å². The van der Waals surface area contributed by atoms with E-state index >= 15 is 0 Å². The molecule has 2 aliphatic rings. The Morgan fingerprint density at radius 3 is 2.47 bits per heavy atom. The van der Waals surface area contributed by atoms with Gasteiger partial charge in [-0.05, 0) is 43.7 Å². The molecule has 1 saturated heterocycles. The van der Waals surface area contributed by atoms with E-state index in [-0.39, 0.29) is 5.91 Å². The molecule has 0 N–H and O–H groups in total. The normalized spacial score (nSPS) is 24.7. The highest BCUT2D eigenvalue weighted by Gasteiger charge is 2.37. The first-order chi connectivity index (χ1) is 8.36. The Kier molecular flexibility index (Phi) is 2.87. The first-order valence-electron chi connectivity index (χ1n) is 6.72. The van der Waals surface area contributed by atoms with Crippen LogP contribution in [0.3, 0.4) is 0 Å². The fourth-order valence-electron chi connectivity index (χ4n) is 3.11. The number of hydrogen-bond acceptors (Lipinski definition) is 1. The second-order valence-electron chi connectivity index (χ2n) is 5.27. The molecule has 1 aliphatic heterocycles. The minimum Gasteiger partial charge on any atom is -0.335 e. The van der Waals surface area contributed by atoms with Gasteiger partial charge in [-0.1, -0.05) is 24.6 Å². The van der Waals surface area contributed by atoms with Crippen LogP contribution >= 0.6 is 0 Å². The molecule has 17 heavy (non-hydrogen) atoms. The first kappa shape index (κ1) is 10.8. The van der Waals surface area contributed by atoms with Crippen molar-refractivity contribution in [1.29, 1.82) is 0 Å². The quantitative estimate of drug-likeness (QED) is 0.763. The topological polar surface area (TPSA) is 20.3 Å². The highest BCUT2D eigenvalue weighted by Crippen LogP contribution is 2.37. The second kappa shape index (κ2) is 4.52. The summed E-state index contributed by atoms with van der Waals surface area (Å²) in [5.74, 6) is 1.02. The molecule has 90 valence electrons. The molecule has 2 heteroatoms. The average molecular weight is 229 g/mol. The Morgan fingerprint density at radius 2 is 1.82 bits per heavy atom. The standard InChI is InChI=1S/C15H19NO/c17-15(13-6-2-1-3-7-13)16-11-5-10-14(16)12-8-4-9-12/h1-3,6-7,12,14H,4-5,8-11H2. The van der Waals surface area contributed by atoms with Crippen molar-refractivity contribution in [2.45, 2.75) is 38.1 Å². The number of benzene rings is 1. The Bertz CT molecular complexity index is 397. The molecule has 0 bridgehead atoms. The molecule has 1 unspecified atom stereocenters. The average Bonchev–Trinajstić information content (AvgIpc) is 2.76. The molecule has 1 aromatic carbocycles. The van der Waals surface area contributed by atoms with E-state index in [1.807, 2.05) is 30.3 Å². The fraction of sp³-hybridized carbons (Fsp3) is 0.533. The van der Waals surface area contributed by atoms with E-state index in [0.717, 1.165) is 18.0 Å². The van der Waals surface area contributed by atoms with Crippen LogP contribution in [0, 0.1) is 5.92 Å². The molecule has 1 atom stereocenters. The van der Waals surface area contributed by atoms with Gasteiger partial charge in [0.15, 0.2) is 0 Å². The van der Waals surface area contributed by atoms with Gasteiger partial charge in [-0.3, -0.25) is 4.79 Å². The molecular weight excluding hydrogens is 210 g/mol. The summed E-state index contributed by atoms with van der Waals surface area (Å²) >= 11 is 0. The van der Waals surface area contributed by atoms with Crippen LogP contribution in [0.5, 0.6) is 0 Å². The molecular formula is C15H19NO. The van der Waals surface area contributed by atoms with Crippen LogP contribution in [-0.4, -0.2) is 23.4 Å². The van der Waals surface area contributed by atoms with E-state index in [2.05, 4.69) is 4.90 Å². The summed E-state index contributed by atoms with van der Waals surface area (Å²) in [6, 6.07) is 10.2. The van der Waals surface area contributed by atoms with Crippen LogP contribution in [-0.2, 0) is 0 Å². The molecule has 0 spiro atoms. The predicted octanol–water partition coefficient (Wildman–Crippen LogP) is 3.09. The van der Waals surface area contributed by atoms with E-state index in [9.17, 15) is 4.79 Å². The molecule has 2 nitrogen and oxygen atoms in total. The van der Waals surface area contributed by atoms with Crippen molar-refractivity contribution in [3.05, 3.63) is 35.9 Å². The minimum absolute atomic E-state index is 0.236. The van der Waals surface area contributed by atoms with Gasteiger partial charge < -0.3 is 4.90 Å². The van der Waals surface area contributed by atoms with Gasteiger partial charge in [0.05, 0.1) is 0 Å². The lowest BCUT2D eigenvalue weighted by molar-refractivity contribution is 0.0626. The third kappa shape index (κ3) is 1.97. The molecule has 2 fully saturated rings. The SMILES string of the molecule is O=C(c1ccccc1)N1CCCC1C1CCC1. The maximum atomic E-state index is 12.4. The summed E-state index contributed by atoms with van der Waals surface area (Å²) in [5.41, 5.74) is 0.846. The third-order valence-corrected chi connectivity index (χ3v) is 4.27. The van der Waals surface area contributed by atoms with Gasteiger partial charge in [-0.15, -0.1) is 0 Å². The molecule has 1 amide bonds. The molecule has 1 saturated carbocycles. The van der Waals surface area contributed by atoms with Crippen LogP contribution < -0.4 is 0 Å². The van der Waals surface area contributed by atoms with Crippen molar-refractivity contribution in [2.75, 3.05) is 6.54 Å². The van der Waals surface area contributed by atoms with E-state index in [1.165, 1.54) is 32.1 Å². The summed E-state index contributed by atoms with van der Waals surface area (Å²) in [6.07, 6.45) is 6.39. The Hall–Kier alpha value is -1.31. The third-order valence-electron chi connectivity index (χ3n) is 4.27. The van der Waals surface area contributed by atoms with E-state index < -0.39 is 0 Å². The maximum Gasteiger partial charge on any atom is 0.254 e. The van der Waals surface area contributed by atoms with E-state index in [0.29, 0.717) is 6.04 Å². The van der Waals surface area contributed by atoms with Gasteiger partial charge in [0, 0.05) is 18.2 Å². The van der Waals surface area contributed by atoms with Crippen LogP contribution in [0.4, 0.5) is 0 Å². The zero-order valence-electron chi connectivity index (χ0n) is 10.1. The van der Waals surface area contributed by atoms with Crippen molar-refractivity contribution in [1.82, 2.24) is 4.90 Å². The van der Waals surface area contributed by atoms with Crippen molar-refractivity contribution >= 4 is 5.91 Å². The molecule has 1 heterocycles. The zero-order chi connectivity index (χ0) is 11.7. The summed E-state index contributed by atoms with van der Waals surface area (Å²) in [7, 11) is 0.